The number of anilines is 1. The zero-order chi connectivity index (χ0) is 20.3. The second-order valence-corrected chi connectivity index (χ2v) is 7.23. The van der Waals surface area contributed by atoms with Crippen LogP contribution in [0.1, 0.15) is 17.0 Å². The fraction of sp³-hybridized carbons (Fsp3) is 0.0909. The number of carbonyl (C=O) groups excluding carboxylic acids is 1. The van der Waals surface area contributed by atoms with Crippen LogP contribution in [0.15, 0.2) is 64.6 Å². The molecular weight excluding hydrogens is 418 g/mol. The van der Waals surface area contributed by atoms with Gasteiger partial charge in [0.15, 0.2) is 0 Å². The molecule has 0 radical (unpaired) electrons. The maximum absolute atomic E-state index is 12.5. The Hall–Kier alpha value is -3.30. The minimum atomic E-state index is -0.463. The summed E-state index contributed by atoms with van der Waals surface area (Å²) in [6, 6.07) is 18.0. The monoisotopic (exact) mass is 435 g/mol. The number of nitrogens with zero attached hydrogens (tertiary/aromatic N) is 2. The zero-order valence-corrected chi connectivity index (χ0v) is 17.0. The lowest BCUT2D eigenvalue weighted by Gasteiger charge is -2.09. The summed E-state index contributed by atoms with van der Waals surface area (Å²) in [6.07, 6.45) is 1.59. The van der Waals surface area contributed by atoms with Gasteiger partial charge in [-0.05, 0) is 74.0 Å². The summed E-state index contributed by atoms with van der Waals surface area (Å²) < 4.78 is 2.84. The molecule has 0 saturated carbocycles. The van der Waals surface area contributed by atoms with Gasteiger partial charge >= 0.3 is 0 Å². The number of phenols is 1. The van der Waals surface area contributed by atoms with Crippen molar-refractivity contribution in [3.63, 3.8) is 0 Å². The van der Waals surface area contributed by atoms with E-state index in [1.54, 1.807) is 36.4 Å². The van der Waals surface area contributed by atoms with Crippen LogP contribution in [0.4, 0.5) is 5.69 Å². The molecule has 6 heteroatoms. The molecule has 0 saturated heterocycles. The van der Waals surface area contributed by atoms with E-state index < -0.39 is 5.91 Å². The van der Waals surface area contributed by atoms with Gasteiger partial charge < -0.3 is 15.0 Å². The molecule has 0 aliphatic heterocycles. The Kier molecular flexibility index (Phi) is 5.67. The highest BCUT2D eigenvalue weighted by molar-refractivity contribution is 9.10. The zero-order valence-electron chi connectivity index (χ0n) is 15.4. The van der Waals surface area contributed by atoms with Crippen molar-refractivity contribution in [2.45, 2.75) is 13.8 Å². The summed E-state index contributed by atoms with van der Waals surface area (Å²) >= 11 is 3.36. The summed E-state index contributed by atoms with van der Waals surface area (Å²) in [6.45, 7) is 3.87. The van der Waals surface area contributed by atoms with E-state index in [0.717, 1.165) is 27.1 Å². The highest BCUT2D eigenvalue weighted by atomic mass is 79.9. The lowest BCUT2D eigenvalue weighted by atomic mass is 10.1. The second kappa shape index (κ2) is 8.15. The summed E-state index contributed by atoms with van der Waals surface area (Å²) in [5.41, 5.74) is 4.16. The van der Waals surface area contributed by atoms with Gasteiger partial charge in [0.05, 0.1) is 0 Å². The molecule has 0 atom stereocenters. The van der Waals surface area contributed by atoms with Crippen LogP contribution >= 0.6 is 15.9 Å². The van der Waals surface area contributed by atoms with Crippen molar-refractivity contribution >= 4 is 33.6 Å². The Morgan fingerprint density at radius 1 is 1.18 bits per heavy atom. The molecule has 140 valence electrons. The fourth-order valence-electron chi connectivity index (χ4n) is 3.00. The molecule has 0 aliphatic carbocycles. The van der Waals surface area contributed by atoms with Gasteiger partial charge in [-0.3, -0.25) is 4.79 Å². The molecule has 1 aromatic heterocycles. The Morgan fingerprint density at radius 3 is 2.54 bits per heavy atom. The minimum Gasteiger partial charge on any atom is -0.508 e. The summed E-state index contributed by atoms with van der Waals surface area (Å²) in [5.74, 6) is -0.266. The maximum atomic E-state index is 12.5. The summed E-state index contributed by atoms with van der Waals surface area (Å²) in [4.78, 5) is 12.5. The van der Waals surface area contributed by atoms with Crippen LogP contribution in [-0.2, 0) is 4.79 Å². The second-order valence-electron chi connectivity index (χ2n) is 6.31. The first-order valence-corrected chi connectivity index (χ1v) is 9.35. The van der Waals surface area contributed by atoms with Gasteiger partial charge in [-0.25, -0.2) is 0 Å². The first-order valence-electron chi connectivity index (χ1n) is 8.56. The van der Waals surface area contributed by atoms with Gasteiger partial charge in [0.25, 0.3) is 5.91 Å². The van der Waals surface area contributed by atoms with Crippen LogP contribution < -0.4 is 5.32 Å². The number of aromatic hydroxyl groups is 1. The third-order valence-corrected chi connectivity index (χ3v) is 4.82. The number of amides is 1. The van der Waals surface area contributed by atoms with Crippen LogP contribution in [-0.4, -0.2) is 15.6 Å². The van der Waals surface area contributed by atoms with E-state index in [4.69, 9.17) is 0 Å². The molecular formula is C22H18BrN3O2. The van der Waals surface area contributed by atoms with Gasteiger partial charge in [-0.15, -0.1) is 0 Å². The van der Waals surface area contributed by atoms with Gasteiger partial charge in [0, 0.05) is 27.2 Å². The van der Waals surface area contributed by atoms with Crippen molar-refractivity contribution in [3.05, 3.63) is 81.6 Å². The van der Waals surface area contributed by atoms with Gasteiger partial charge in [-0.1, -0.05) is 22.0 Å². The molecule has 1 amide bonds. The van der Waals surface area contributed by atoms with Crippen molar-refractivity contribution in [1.82, 2.24) is 4.57 Å². The third kappa shape index (κ3) is 4.16. The summed E-state index contributed by atoms with van der Waals surface area (Å²) in [7, 11) is 0. The van der Waals surface area contributed by atoms with Crippen molar-refractivity contribution in [3.8, 4) is 17.5 Å². The van der Waals surface area contributed by atoms with Gasteiger partial charge in [0.2, 0.25) is 0 Å². The Balaban J connectivity index is 1.93. The van der Waals surface area contributed by atoms with Crippen molar-refractivity contribution in [1.29, 1.82) is 5.26 Å². The molecule has 0 fully saturated rings. The molecule has 3 rings (SSSR count). The average molecular weight is 436 g/mol. The molecule has 3 aromatic rings. The van der Waals surface area contributed by atoms with E-state index in [9.17, 15) is 15.2 Å². The molecule has 0 aliphatic rings. The van der Waals surface area contributed by atoms with Crippen molar-refractivity contribution < 1.29 is 9.90 Å². The van der Waals surface area contributed by atoms with Crippen LogP contribution in [0.3, 0.4) is 0 Å². The third-order valence-electron chi connectivity index (χ3n) is 4.33. The number of carbonyl (C=O) groups is 1. The number of aromatic nitrogens is 1. The number of nitrogens with one attached hydrogen (secondary N) is 1. The number of nitriles is 1. The Labute approximate surface area is 171 Å². The molecule has 0 spiro atoms. The highest BCUT2D eigenvalue weighted by Crippen LogP contribution is 2.24. The van der Waals surface area contributed by atoms with Crippen LogP contribution in [0.25, 0.3) is 11.8 Å². The minimum absolute atomic E-state index is 0.0194. The molecule has 0 unspecified atom stereocenters. The van der Waals surface area contributed by atoms with E-state index in [2.05, 4.69) is 21.2 Å². The fourth-order valence-corrected chi connectivity index (χ4v) is 3.40. The van der Waals surface area contributed by atoms with E-state index in [1.165, 1.54) is 0 Å². The molecule has 0 bridgehead atoms. The maximum Gasteiger partial charge on any atom is 0.266 e. The standard InChI is InChI=1S/C22H18BrN3O2/c1-14-10-16(15(2)26(14)20-6-8-21(27)9-7-20)11-17(13-24)22(28)25-19-5-3-4-18(23)12-19/h3-12,27H,1-2H3,(H,25,28)/b17-11-. The quantitative estimate of drug-likeness (QED) is 0.441. The van der Waals surface area contributed by atoms with E-state index >= 15 is 0 Å². The summed E-state index contributed by atoms with van der Waals surface area (Å²) in [5, 5.41) is 21.7. The van der Waals surface area contributed by atoms with Crippen molar-refractivity contribution in [2.75, 3.05) is 5.32 Å². The SMILES string of the molecule is Cc1cc(/C=C(/C#N)C(=O)Nc2cccc(Br)c2)c(C)n1-c1ccc(O)cc1. The lowest BCUT2D eigenvalue weighted by molar-refractivity contribution is -0.112. The first kappa shape index (κ1) is 19.5. The largest absolute Gasteiger partial charge is 0.508 e. The average Bonchev–Trinajstić information content (AvgIpc) is 2.94. The van der Waals surface area contributed by atoms with E-state index in [1.807, 2.05) is 48.7 Å². The van der Waals surface area contributed by atoms with Gasteiger partial charge in [0.1, 0.15) is 17.4 Å². The van der Waals surface area contributed by atoms with Gasteiger partial charge in [-0.2, -0.15) is 5.26 Å². The Bertz CT molecular complexity index is 1110. The van der Waals surface area contributed by atoms with E-state index in [0.29, 0.717) is 5.69 Å². The number of rotatable bonds is 4. The highest BCUT2D eigenvalue weighted by Gasteiger charge is 2.14. The molecule has 5 nitrogen and oxygen atoms in total. The lowest BCUT2D eigenvalue weighted by Crippen LogP contribution is -2.13. The number of hydrogen-bond donors (Lipinski definition) is 2. The number of benzene rings is 2. The molecule has 28 heavy (non-hydrogen) atoms. The predicted octanol–water partition coefficient (Wildman–Crippen LogP) is 5.11. The number of phenolic OH excluding ortho intramolecular Hbond substituents is 1. The number of hydrogen-bond acceptors (Lipinski definition) is 3. The van der Waals surface area contributed by atoms with Crippen LogP contribution in [0, 0.1) is 25.2 Å². The van der Waals surface area contributed by atoms with E-state index in [-0.39, 0.29) is 11.3 Å². The predicted molar refractivity (Wildman–Crippen MR) is 113 cm³/mol. The number of halogens is 1. The molecule has 2 aromatic carbocycles. The van der Waals surface area contributed by atoms with Crippen LogP contribution in [0.2, 0.25) is 0 Å². The normalized spacial score (nSPS) is 11.1. The molecule has 2 N–H and O–H groups in total. The van der Waals surface area contributed by atoms with Crippen LogP contribution in [0.5, 0.6) is 5.75 Å². The van der Waals surface area contributed by atoms with Crippen molar-refractivity contribution in [2.24, 2.45) is 0 Å². The molecule has 1 heterocycles. The first-order chi connectivity index (χ1) is 13.4. The number of aryl methyl sites for hydroxylation is 1. The topological polar surface area (TPSA) is 78.0 Å². The Morgan fingerprint density at radius 2 is 1.89 bits per heavy atom. The smallest absolute Gasteiger partial charge is 0.266 e.